The zero-order valence-electron chi connectivity index (χ0n) is 21.8. The number of halogens is 7. The highest BCUT2D eigenvalue weighted by Gasteiger charge is 2.58. The van der Waals surface area contributed by atoms with Crippen molar-refractivity contribution in [2.45, 2.75) is 30.2 Å². The smallest absolute Gasteiger partial charge is 0.425 e. The lowest BCUT2D eigenvalue weighted by Gasteiger charge is -2.32. The molecule has 1 unspecified atom stereocenters. The van der Waals surface area contributed by atoms with Gasteiger partial charge in [-0.3, -0.25) is 9.69 Å². The number of aromatic nitrogens is 5. The van der Waals surface area contributed by atoms with Gasteiger partial charge in [0.25, 0.3) is 5.91 Å². The summed E-state index contributed by atoms with van der Waals surface area (Å²) in [6.07, 6.45) is -8.62. The van der Waals surface area contributed by atoms with E-state index in [9.17, 15) is 40.6 Å². The Morgan fingerprint density at radius 3 is 2.56 bits per heavy atom. The van der Waals surface area contributed by atoms with Crippen LogP contribution in [0, 0.1) is 0 Å². The molecular weight excluding hydrogens is 613 g/mol. The number of ether oxygens (including phenoxy) is 1. The van der Waals surface area contributed by atoms with E-state index < -0.39 is 77.6 Å². The van der Waals surface area contributed by atoms with E-state index in [1.165, 1.54) is 12.5 Å². The highest BCUT2D eigenvalue weighted by atomic mass is 32.1. The summed E-state index contributed by atoms with van der Waals surface area (Å²) in [4.78, 5) is 25.4. The van der Waals surface area contributed by atoms with Crippen LogP contribution in [0.5, 0.6) is 5.88 Å². The lowest BCUT2D eigenvalue weighted by molar-refractivity contribution is -0.271. The summed E-state index contributed by atoms with van der Waals surface area (Å²) >= 11 is 0.586. The second kappa shape index (κ2) is 10.9. The van der Waals surface area contributed by atoms with E-state index in [0.29, 0.717) is 11.3 Å². The third kappa shape index (κ3) is 5.54. The van der Waals surface area contributed by atoms with Crippen LogP contribution in [0.1, 0.15) is 20.9 Å². The number of methoxy groups -OCH3 is 1. The van der Waals surface area contributed by atoms with Crippen LogP contribution in [0.4, 0.5) is 36.6 Å². The fraction of sp³-hybridized carbons (Fsp3) is 0.375. The minimum Gasteiger partial charge on any atom is -0.480 e. The van der Waals surface area contributed by atoms with Gasteiger partial charge in [-0.2, -0.15) is 31.4 Å². The number of likely N-dealkylation sites (tertiary alicyclic amines) is 1. The molecule has 1 saturated heterocycles. The topological polar surface area (TPSA) is 144 Å². The predicted octanol–water partition coefficient (Wildman–Crippen LogP) is 3.06. The molecule has 1 aliphatic heterocycles. The van der Waals surface area contributed by atoms with Crippen molar-refractivity contribution in [3.63, 3.8) is 0 Å². The number of thiazole rings is 1. The van der Waals surface area contributed by atoms with E-state index in [2.05, 4.69) is 25.4 Å². The quantitative estimate of drug-likeness (QED) is 0.262. The maximum absolute atomic E-state index is 15.0. The van der Waals surface area contributed by atoms with E-state index in [1.54, 1.807) is 0 Å². The molecule has 1 aliphatic rings. The van der Waals surface area contributed by atoms with Crippen LogP contribution < -0.4 is 15.8 Å². The van der Waals surface area contributed by atoms with Crippen LogP contribution in [-0.2, 0) is 11.8 Å². The van der Waals surface area contributed by atoms with Crippen LogP contribution in [-0.4, -0.2) is 85.6 Å². The van der Waals surface area contributed by atoms with E-state index in [0.717, 1.165) is 40.3 Å². The van der Waals surface area contributed by atoms with Crippen molar-refractivity contribution in [1.82, 2.24) is 34.8 Å². The molecule has 230 valence electrons. The van der Waals surface area contributed by atoms with Crippen LogP contribution in [0.25, 0.3) is 16.8 Å². The van der Waals surface area contributed by atoms with Crippen molar-refractivity contribution >= 4 is 28.6 Å². The van der Waals surface area contributed by atoms with Gasteiger partial charge in [0, 0.05) is 43.0 Å². The Kier molecular flexibility index (Phi) is 7.68. The van der Waals surface area contributed by atoms with Crippen molar-refractivity contribution in [1.29, 1.82) is 0 Å². The van der Waals surface area contributed by atoms with Gasteiger partial charge in [-0.15, -0.1) is 11.3 Å². The molecule has 11 nitrogen and oxygen atoms in total. The molecule has 0 radical (unpaired) electrons. The summed E-state index contributed by atoms with van der Waals surface area (Å²) in [7, 11) is 1.17. The summed E-state index contributed by atoms with van der Waals surface area (Å²) in [6, 6.07) is 0.585. The van der Waals surface area contributed by atoms with Gasteiger partial charge < -0.3 is 20.9 Å². The number of carbonyl (C=O) groups excluding carboxylic acids is 1. The molecule has 0 spiro atoms. The number of hydrogen-bond acceptors (Lipinski definition) is 10. The van der Waals surface area contributed by atoms with Crippen LogP contribution >= 0.6 is 11.3 Å². The molecule has 19 heteroatoms. The number of hydrogen-bond donors (Lipinski definition) is 3. The van der Waals surface area contributed by atoms with Gasteiger partial charge in [0.1, 0.15) is 28.6 Å². The number of nitrogens with zero attached hydrogens (tertiary/aromatic N) is 6. The molecule has 0 aromatic carbocycles. The van der Waals surface area contributed by atoms with Crippen molar-refractivity contribution in [3.8, 4) is 17.1 Å². The largest absolute Gasteiger partial charge is 0.480 e. The number of β-amino-alcohol motifs (C(OH)–C–C–N with tert-alkyl or cyclic N) is 1. The SMILES string of the molecule is COc1ncc(-c2cc(C(F)(F)F)c3c(N)ncnn23)cc1C(=O)N[C@@H]1CN(CC(O)(c2nccs2)C(F)(F)F)C[C@@H]1F. The summed E-state index contributed by atoms with van der Waals surface area (Å²) < 4.78 is 104. The number of pyridine rings is 1. The Morgan fingerprint density at radius 2 is 1.93 bits per heavy atom. The molecule has 0 bridgehead atoms. The van der Waals surface area contributed by atoms with Crippen molar-refractivity contribution in [3.05, 3.63) is 52.4 Å². The molecule has 43 heavy (non-hydrogen) atoms. The first-order valence-corrected chi connectivity index (χ1v) is 13.1. The summed E-state index contributed by atoms with van der Waals surface area (Å²) in [5, 5.41) is 17.4. The number of fused-ring (bicyclic) bond motifs is 1. The number of nitrogens with two attached hydrogens (primary N) is 1. The number of nitrogens with one attached hydrogen (secondary N) is 1. The van der Waals surface area contributed by atoms with Crippen molar-refractivity contribution in [2.24, 2.45) is 0 Å². The zero-order chi connectivity index (χ0) is 31.3. The zero-order valence-corrected chi connectivity index (χ0v) is 22.6. The van der Waals surface area contributed by atoms with E-state index in [1.807, 2.05) is 0 Å². The third-order valence-electron chi connectivity index (χ3n) is 6.82. The molecule has 1 amide bonds. The van der Waals surface area contributed by atoms with E-state index >= 15 is 0 Å². The second-order valence-electron chi connectivity index (χ2n) is 9.61. The van der Waals surface area contributed by atoms with Crippen LogP contribution in [0.2, 0.25) is 0 Å². The highest BCUT2D eigenvalue weighted by molar-refractivity contribution is 7.09. The minimum absolute atomic E-state index is 0.0157. The van der Waals surface area contributed by atoms with Gasteiger partial charge >= 0.3 is 12.4 Å². The van der Waals surface area contributed by atoms with Crippen molar-refractivity contribution in [2.75, 3.05) is 32.5 Å². The maximum atomic E-state index is 15.0. The van der Waals surface area contributed by atoms with Gasteiger partial charge in [-0.25, -0.2) is 23.9 Å². The minimum atomic E-state index is -5.12. The monoisotopic (exact) mass is 634 g/mol. The summed E-state index contributed by atoms with van der Waals surface area (Å²) in [5.41, 5.74) is 0.193. The average molecular weight is 635 g/mol. The molecule has 0 saturated carbocycles. The van der Waals surface area contributed by atoms with Gasteiger partial charge in [0.15, 0.2) is 5.82 Å². The fourth-order valence-electron chi connectivity index (χ4n) is 4.79. The molecule has 4 aromatic rings. The Labute approximate surface area is 241 Å². The molecule has 4 N–H and O–H groups in total. The molecular formula is C24H21F7N8O3S. The maximum Gasteiger partial charge on any atom is 0.425 e. The standard InChI is InChI=1S/C24H21F7N8O3S/c1-42-20-12(4-11(6-34-20)16-5-13(23(26,27)28)17-18(32)35-10-36-39(16)17)19(40)37-15-8-38(7-14(15)25)9-22(41,24(29,30)31)21-33-2-3-43-21/h2-6,10,14-15,41H,7-9H2,1H3,(H,37,40)(H2,32,35,36)/t14-,15+,22?/m0/s1. The molecule has 5 heterocycles. The third-order valence-corrected chi connectivity index (χ3v) is 7.75. The number of rotatable bonds is 7. The summed E-state index contributed by atoms with van der Waals surface area (Å²) in [6.45, 7) is -1.98. The van der Waals surface area contributed by atoms with Gasteiger partial charge in [-0.05, 0) is 12.1 Å². The van der Waals surface area contributed by atoms with Gasteiger partial charge in [-0.1, -0.05) is 0 Å². The Bertz CT molecular complexity index is 1650. The highest BCUT2D eigenvalue weighted by Crippen LogP contribution is 2.41. The number of anilines is 1. The van der Waals surface area contributed by atoms with E-state index in [4.69, 9.17) is 10.5 Å². The normalized spacial score (nSPS) is 19.5. The van der Waals surface area contributed by atoms with E-state index in [-0.39, 0.29) is 22.7 Å². The number of alkyl halides is 7. The average Bonchev–Trinajstić information content (AvgIpc) is 3.67. The second-order valence-corrected chi connectivity index (χ2v) is 10.5. The molecule has 1 fully saturated rings. The molecule has 0 aliphatic carbocycles. The van der Waals surface area contributed by atoms with Gasteiger partial charge in [0.2, 0.25) is 11.5 Å². The first kappa shape index (κ1) is 30.4. The van der Waals surface area contributed by atoms with Gasteiger partial charge in [0.05, 0.1) is 24.4 Å². The number of amides is 1. The predicted molar refractivity (Wildman–Crippen MR) is 137 cm³/mol. The molecule has 4 aromatic heterocycles. The Hall–Kier alpha value is -4.10. The van der Waals surface area contributed by atoms with Crippen LogP contribution in [0.3, 0.4) is 0 Å². The lowest BCUT2D eigenvalue weighted by atomic mass is 10.0. The molecule has 3 atom stereocenters. The Balaban J connectivity index is 1.41. The fourth-order valence-corrected chi connectivity index (χ4v) is 5.54. The van der Waals surface area contributed by atoms with Crippen molar-refractivity contribution < 1.29 is 45.4 Å². The first-order chi connectivity index (χ1) is 20.1. The number of carbonyl (C=O) groups is 1. The summed E-state index contributed by atoms with van der Waals surface area (Å²) in [5.74, 6) is -1.66. The number of aliphatic hydroxyl groups is 1. The van der Waals surface area contributed by atoms with Crippen LogP contribution in [0.15, 0.2) is 36.2 Å². The Morgan fingerprint density at radius 1 is 1.19 bits per heavy atom. The molecule has 5 rings (SSSR count). The first-order valence-electron chi connectivity index (χ1n) is 12.2. The lowest BCUT2D eigenvalue weighted by Crippen LogP contribution is -2.51. The number of nitrogen functional groups attached to an aromatic ring is 1.